The molecule has 0 amide bonds. The number of primary sulfonamides is 1. The summed E-state index contributed by atoms with van der Waals surface area (Å²) < 4.78 is 24.1. The van der Waals surface area contributed by atoms with Crippen molar-refractivity contribution in [2.75, 3.05) is 11.9 Å². The number of carboxylic acid groups (broad SMARTS) is 1. The van der Waals surface area contributed by atoms with E-state index in [9.17, 15) is 18.3 Å². The van der Waals surface area contributed by atoms with Gasteiger partial charge in [-0.25, -0.2) is 18.4 Å². The number of nitrogens with two attached hydrogens (primary N) is 1. The molecule has 0 heterocycles. The fourth-order valence-corrected chi connectivity index (χ4v) is 4.24. The molecule has 134 valence electrons. The topological polar surface area (TPSA) is 109 Å². The molecule has 8 heteroatoms. The van der Waals surface area contributed by atoms with Crippen molar-refractivity contribution in [2.45, 2.75) is 34.5 Å². The summed E-state index contributed by atoms with van der Waals surface area (Å²) in [6.45, 7) is 2.64. The highest BCUT2D eigenvalue weighted by Gasteiger charge is 2.22. The lowest BCUT2D eigenvalue weighted by atomic mass is 10.2. The number of rotatable bonds is 8. The molecule has 0 aliphatic rings. The lowest BCUT2D eigenvalue weighted by Crippen LogP contribution is -2.16. The Balaban J connectivity index is 2.59. The average molecular weight is 380 g/mol. The fraction of sp³-hybridized carbons (Fsp3) is 0.235. The number of nitrogens with one attached hydrogen (secondary N) is 1. The molecule has 0 aromatic heterocycles. The molecule has 0 aliphatic carbocycles. The minimum Gasteiger partial charge on any atom is -0.478 e. The normalized spacial score (nSPS) is 11.3. The number of hydrogen-bond acceptors (Lipinski definition) is 5. The molecule has 4 N–H and O–H groups in total. The zero-order valence-corrected chi connectivity index (χ0v) is 15.4. The van der Waals surface area contributed by atoms with E-state index in [4.69, 9.17) is 5.14 Å². The van der Waals surface area contributed by atoms with Gasteiger partial charge in [0.15, 0.2) is 0 Å². The predicted molar refractivity (Wildman–Crippen MR) is 98.7 cm³/mol. The first kappa shape index (κ1) is 19.3. The summed E-state index contributed by atoms with van der Waals surface area (Å²) in [5, 5.41) is 17.8. The first-order valence-electron chi connectivity index (χ1n) is 7.74. The summed E-state index contributed by atoms with van der Waals surface area (Å²) in [6.07, 6.45) is 1.83. The van der Waals surface area contributed by atoms with Crippen LogP contribution >= 0.6 is 11.8 Å². The third kappa shape index (κ3) is 5.22. The lowest BCUT2D eigenvalue weighted by Gasteiger charge is -2.16. The van der Waals surface area contributed by atoms with E-state index in [1.807, 2.05) is 37.3 Å². The molecule has 0 saturated carbocycles. The summed E-state index contributed by atoms with van der Waals surface area (Å²) in [5.41, 5.74) is 0.326. The van der Waals surface area contributed by atoms with Crippen LogP contribution in [0.2, 0.25) is 0 Å². The molecular weight excluding hydrogens is 360 g/mol. The van der Waals surface area contributed by atoms with E-state index in [1.54, 1.807) is 0 Å². The van der Waals surface area contributed by atoms with Crippen LogP contribution in [0.15, 0.2) is 57.2 Å². The van der Waals surface area contributed by atoms with E-state index in [2.05, 4.69) is 5.32 Å². The highest BCUT2D eigenvalue weighted by Crippen LogP contribution is 2.39. The highest BCUT2D eigenvalue weighted by molar-refractivity contribution is 8.00. The van der Waals surface area contributed by atoms with Gasteiger partial charge in [-0.1, -0.05) is 43.3 Å². The van der Waals surface area contributed by atoms with Crippen LogP contribution in [0.3, 0.4) is 0 Å². The largest absolute Gasteiger partial charge is 0.478 e. The number of carbonyl (C=O) groups is 1. The monoisotopic (exact) mass is 380 g/mol. The molecule has 0 aliphatic heterocycles. The number of benzene rings is 2. The number of hydrogen-bond donors (Lipinski definition) is 3. The first-order chi connectivity index (χ1) is 11.8. The molecule has 0 saturated heterocycles. The molecule has 2 aromatic rings. The van der Waals surface area contributed by atoms with Gasteiger partial charge in [-0.05, 0) is 30.7 Å². The van der Waals surface area contributed by atoms with Crippen molar-refractivity contribution in [1.29, 1.82) is 0 Å². The quantitative estimate of drug-likeness (QED) is 0.606. The van der Waals surface area contributed by atoms with Crippen LogP contribution in [0.1, 0.15) is 30.1 Å². The molecular formula is C17H20N2O4S2. The van der Waals surface area contributed by atoms with Crippen LogP contribution in [0.5, 0.6) is 0 Å². The maximum absolute atomic E-state index is 12.0. The van der Waals surface area contributed by atoms with Gasteiger partial charge in [-0.2, -0.15) is 0 Å². The van der Waals surface area contributed by atoms with Crippen molar-refractivity contribution >= 4 is 33.4 Å². The second-order valence-corrected chi connectivity index (χ2v) is 8.01. The van der Waals surface area contributed by atoms with E-state index in [1.165, 1.54) is 17.8 Å². The second kappa shape index (κ2) is 8.37. The van der Waals surface area contributed by atoms with Crippen LogP contribution in [-0.4, -0.2) is 26.0 Å². The number of carboxylic acids is 1. The molecule has 25 heavy (non-hydrogen) atoms. The molecule has 2 aromatic carbocycles. The Kier molecular flexibility index (Phi) is 6.46. The van der Waals surface area contributed by atoms with E-state index >= 15 is 0 Å². The minimum atomic E-state index is -4.09. The van der Waals surface area contributed by atoms with Gasteiger partial charge in [0.2, 0.25) is 10.0 Å². The minimum absolute atomic E-state index is 0.125. The Morgan fingerprint density at radius 3 is 2.48 bits per heavy atom. The van der Waals surface area contributed by atoms with Crippen molar-refractivity contribution in [2.24, 2.45) is 5.14 Å². The maximum atomic E-state index is 12.0. The van der Waals surface area contributed by atoms with Gasteiger partial charge in [0.1, 0.15) is 0 Å². The molecule has 2 rings (SSSR count). The van der Waals surface area contributed by atoms with Crippen LogP contribution in [-0.2, 0) is 10.0 Å². The van der Waals surface area contributed by atoms with Gasteiger partial charge in [0.25, 0.3) is 0 Å². The number of sulfonamides is 1. The zero-order chi connectivity index (χ0) is 18.4. The Bertz CT molecular complexity index is 852. The molecule has 0 bridgehead atoms. The van der Waals surface area contributed by atoms with Crippen molar-refractivity contribution < 1.29 is 18.3 Å². The van der Waals surface area contributed by atoms with Crippen LogP contribution in [0.4, 0.5) is 5.69 Å². The Morgan fingerprint density at radius 1 is 1.24 bits per heavy atom. The molecule has 0 radical (unpaired) electrons. The van der Waals surface area contributed by atoms with Gasteiger partial charge in [-0.15, -0.1) is 0 Å². The summed E-state index contributed by atoms with van der Waals surface area (Å²) in [6, 6.07) is 11.8. The van der Waals surface area contributed by atoms with E-state index in [0.717, 1.165) is 23.8 Å². The number of unbranched alkanes of at least 4 members (excludes halogenated alkanes) is 1. The third-order valence-corrected chi connectivity index (χ3v) is 5.63. The Labute approximate surface area is 151 Å². The smallest absolute Gasteiger partial charge is 0.335 e. The fourth-order valence-electron chi connectivity index (χ4n) is 2.18. The van der Waals surface area contributed by atoms with Gasteiger partial charge in [0, 0.05) is 11.4 Å². The van der Waals surface area contributed by atoms with E-state index < -0.39 is 16.0 Å². The van der Waals surface area contributed by atoms with E-state index in [-0.39, 0.29) is 10.5 Å². The van der Waals surface area contributed by atoms with Crippen LogP contribution in [0.25, 0.3) is 0 Å². The van der Waals surface area contributed by atoms with Gasteiger partial charge in [0.05, 0.1) is 21.0 Å². The zero-order valence-electron chi connectivity index (χ0n) is 13.7. The second-order valence-electron chi connectivity index (χ2n) is 5.40. The van der Waals surface area contributed by atoms with Crippen molar-refractivity contribution in [3.8, 4) is 0 Å². The Morgan fingerprint density at radius 2 is 1.92 bits per heavy atom. The number of aromatic carboxylic acids is 1. The maximum Gasteiger partial charge on any atom is 0.335 e. The van der Waals surface area contributed by atoms with E-state index in [0.29, 0.717) is 17.1 Å². The van der Waals surface area contributed by atoms with Crippen LogP contribution < -0.4 is 10.5 Å². The van der Waals surface area contributed by atoms with Crippen molar-refractivity contribution in [3.05, 3.63) is 48.0 Å². The summed E-state index contributed by atoms with van der Waals surface area (Å²) in [7, 11) is -4.09. The summed E-state index contributed by atoms with van der Waals surface area (Å²) in [5.74, 6) is -1.21. The average Bonchev–Trinajstić information content (AvgIpc) is 2.56. The number of anilines is 1. The molecule has 0 atom stereocenters. The van der Waals surface area contributed by atoms with Gasteiger partial charge < -0.3 is 10.4 Å². The predicted octanol–water partition coefficient (Wildman–Crippen LogP) is 3.40. The first-order valence-corrected chi connectivity index (χ1v) is 10.1. The van der Waals surface area contributed by atoms with Crippen LogP contribution in [0, 0.1) is 0 Å². The molecule has 0 fully saturated rings. The highest BCUT2D eigenvalue weighted by atomic mass is 32.2. The molecule has 0 spiro atoms. The third-order valence-electron chi connectivity index (χ3n) is 3.42. The Hall–Kier alpha value is -2.03. The van der Waals surface area contributed by atoms with Crippen molar-refractivity contribution in [3.63, 3.8) is 0 Å². The summed E-state index contributed by atoms with van der Waals surface area (Å²) in [4.78, 5) is 12.4. The van der Waals surface area contributed by atoms with Gasteiger partial charge in [-0.3, -0.25) is 0 Å². The van der Waals surface area contributed by atoms with Gasteiger partial charge >= 0.3 is 5.97 Å². The lowest BCUT2D eigenvalue weighted by molar-refractivity contribution is 0.0696. The standard InChI is InChI=1S/C17H20N2O4S2/c1-2-3-9-19-14-10-12(17(20)21)11-15(25(18,22)23)16(14)24-13-7-5-4-6-8-13/h4-8,10-11,19H,2-3,9H2,1H3,(H,20,21)(H2,18,22,23). The molecule has 0 unspecified atom stereocenters. The molecule has 6 nitrogen and oxygen atoms in total. The van der Waals surface area contributed by atoms with Crippen molar-refractivity contribution in [1.82, 2.24) is 0 Å². The SMILES string of the molecule is CCCCNc1cc(C(=O)O)cc(S(N)(=O)=O)c1Sc1ccccc1. The summed E-state index contributed by atoms with van der Waals surface area (Å²) >= 11 is 1.23.